The molecule has 4 heteroatoms. The van der Waals surface area contributed by atoms with Gasteiger partial charge in [0.05, 0.1) is 12.6 Å². The van der Waals surface area contributed by atoms with Gasteiger partial charge in [-0.15, -0.1) is 0 Å². The van der Waals surface area contributed by atoms with Gasteiger partial charge in [-0.05, 0) is 26.2 Å². The molecule has 1 heterocycles. The number of β-amino-alcohol motifs (C(OH)–C–C–N with tert-alkyl or cyclic N) is 1. The number of amides is 1. The van der Waals surface area contributed by atoms with Crippen LogP contribution in [-0.4, -0.2) is 59.1 Å². The summed E-state index contributed by atoms with van der Waals surface area (Å²) < 4.78 is 0. The molecule has 1 N–H and O–H groups in total. The summed E-state index contributed by atoms with van der Waals surface area (Å²) in [6.45, 7) is 4.86. The van der Waals surface area contributed by atoms with Crippen LogP contribution in [0.5, 0.6) is 0 Å². The first-order valence-corrected chi connectivity index (χ1v) is 5.90. The number of carbonyl (C=O) groups is 1. The molecule has 0 aromatic heterocycles. The SMILES string of the molecule is CCN(C(=O)CN1CC[C@@H](O)C1)C1CC1. The molecule has 4 nitrogen and oxygen atoms in total. The highest BCUT2D eigenvalue weighted by Gasteiger charge is 2.32. The van der Waals surface area contributed by atoms with Crippen molar-refractivity contribution in [1.82, 2.24) is 9.80 Å². The second kappa shape index (κ2) is 4.49. The number of nitrogens with zero attached hydrogens (tertiary/aromatic N) is 2. The molecule has 0 aromatic carbocycles. The summed E-state index contributed by atoms with van der Waals surface area (Å²) in [5.41, 5.74) is 0. The van der Waals surface area contributed by atoms with Crippen molar-refractivity contribution in [1.29, 1.82) is 0 Å². The van der Waals surface area contributed by atoms with E-state index in [0.717, 1.165) is 19.5 Å². The lowest BCUT2D eigenvalue weighted by Gasteiger charge is -2.23. The zero-order valence-electron chi connectivity index (χ0n) is 9.35. The van der Waals surface area contributed by atoms with Crippen LogP contribution < -0.4 is 0 Å². The highest BCUT2D eigenvalue weighted by Crippen LogP contribution is 2.26. The fourth-order valence-electron chi connectivity index (χ4n) is 2.26. The van der Waals surface area contributed by atoms with E-state index in [1.165, 1.54) is 12.8 Å². The molecule has 0 bridgehead atoms. The molecule has 1 amide bonds. The number of likely N-dealkylation sites (N-methyl/N-ethyl adjacent to an activating group) is 1. The quantitative estimate of drug-likeness (QED) is 0.717. The monoisotopic (exact) mass is 212 g/mol. The molecule has 15 heavy (non-hydrogen) atoms. The lowest BCUT2D eigenvalue weighted by Crippen LogP contribution is -2.40. The number of hydrogen-bond acceptors (Lipinski definition) is 3. The Morgan fingerprint density at radius 2 is 2.20 bits per heavy atom. The summed E-state index contributed by atoms with van der Waals surface area (Å²) >= 11 is 0. The van der Waals surface area contributed by atoms with E-state index in [1.807, 2.05) is 11.8 Å². The Balaban J connectivity index is 1.80. The Labute approximate surface area is 90.9 Å². The second-order valence-corrected chi connectivity index (χ2v) is 4.59. The molecule has 1 aliphatic carbocycles. The van der Waals surface area contributed by atoms with Gasteiger partial charge in [0, 0.05) is 25.7 Å². The summed E-state index contributed by atoms with van der Waals surface area (Å²) in [5.74, 6) is 0.231. The minimum atomic E-state index is -0.228. The lowest BCUT2D eigenvalue weighted by atomic mass is 10.3. The van der Waals surface area contributed by atoms with Crippen LogP contribution in [0.15, 0.2) is 0 Å². The van der Waals surface area contributed by atoms with Gasteiger partial charge in [0.15, 0.2) is 0 Å². The number of rotatable bonds is 4. The number of carbonyl (C=O) groups excluding carboxylic acids is 1. The fraction of sp³-hybridized carbons (Fsp3) is 0.909. The molecular weight excluding hydrogens is 192 g/mol. The predicted molar refractivity (Wildman–Crippen MR) is 57.5 cm³/mol. The third-order valence-corrected chi connectivity index (χ3v) is 3.26. The predicted octanol–water partition coefficient (Wildman–Crippen LogP) is 0.0639. The van der Waals surface area contributed by atoms with Crippen LogP contribution in [0.1, 0.15) is 26.2 Å². The van der Waals surface area contributed by atoms with E-state index in [9.17, 15) is 9.90 Å². The maximum atomic E-state index is 11.9. The topological polar surface area (TPSA) is 43.8 Å². The zero-order chi connectivity index (χ0) is 10.8. The van der Waals surface area contributed by atoms with Gasteiger partial charge in [-0.25, -0.2) is 0 Å². The molecule has 0 radical (unpaired) electrons. The fourth-order valence-corrected chi connectivity index (χ4v) is 2.26. The summed E-state index contributed by atoms with van der Waals surface area (Å²) in [6.07, 6.45) is 2.92. The van der Waals surface area contributed by atoms with Crippen molar-refractivity contribution < 1.29 is 9.90 Å². The molecule has 86 valence electrons. The number of hydrogen-bond donors (Lipinski definition) is 1. The van der Waals surface area contributed by atoms with Crippen LogP contribution in [0.25, 0.3) is 0 Å². The molecule has 1 aliphatic heterocycles. The molecule has 1 saturated heterocycles. The van der Waals surface area contributed by atoms with Gasteiger partial charge in [0.25, 0.3) is 0 Å². The zero-order valence-corrected chi connectivity index (χ0v) is 9.35. The van der Waals surface area contributed by atoms with Crippen molar-refractivity contribution >= 4 is 5.91 Å². The van der Waals surface area contributed by atoms with Crippen LogP contribution in [0, 0.1) is 0 Å². The van der Waals surface area contributed by atoms with Crippen molar-refractivity contribution in [2.45, 2.75) is 38.3 Å². The summed E-state index contributed by atoms with van der Waals surface area (Å²) in [5, 5.41) is 9.36. The van der Waals surface area contributed by atoms with E-state index in [0.29, 0.717) is 19.1 Å². The Morgan fingerprint density at radius 3 is 2.67 bits per heavy atom. The van der Waals surface area contributed by atoms with Crippen LogP contribution in [-0.2, 0) is 4.79 Å². The first-order valence-electron chi connectivity index (χ1n) is 5.90. The maximum absolute atomic E-state index is 11.9. The Morgan fingerprint density at radius 1 is 1.47 bits per heavy atom. The van der Waals surface area contributed by atoms with Gasteiger partial charge < -0.3 is 10.0 Å². The molecule has 2 rings (SSSR count). The average molecular weight is 212 g/mol. The smallest absolute Gasteiger partial charge is 0.236 e. The highest BCUT2D eigenvalue weighted by atomic mass is 16.3. The minimum Gasteiger partial charge on any atom is -0.392 e. The van der Waals surface area contributed by atoms with E-state index < -0.39 is 0 Å². The first kappa shape index (κ1) is 10.9. The third-order valence-electron chi connectivity index (χ3n) is 3.26. The second-order valence-electron chi connectivity index (χ2n) is 4.59. The normalized spacial score (nSPS) is 26.9. The maximum Gasteiger partial charge on any atom is 0.236 e. The Hall–Kier alpha value is -0.610. The number of aliphatic hydroxyl groups excluding tert-OH is 1. The number of aliphatic hydroxyl groups is 1. The van der Waals surface area contributed by atoms with E-state index in [-0.39, 0.29) is 12.0 Å². The molecular formula is C11H20N2O2. The molecule has 1 atom stereocenters. The van der Waals surface area contributed by atoms with E-state index in [1.54, 1.807) is 0 Å². The van der Waals surface area contributed by atoms with Crippen molar-refractivity contribution in [3.63, 3.8) is 0 Å². The molecule has 0 spiro atoms. The summed E-state index contributed by atoms with van der Waals surface area (Å²) in [7, 11) is 0. The molecule has 1 saturated carbocycles. The molecule has 2 aliphatic rings. The molecule has 0 unspecified atom stereocenters. The Bertz CT molecular complexity index is 241. The van der Waals surface area contributed by atoms with Gasteiger partial charge in [0.2, 0.25) is 5.91 Å². The minimum absolute atomic E-state index is 0.228. The van der Waals surface area contributed by atoms with Crippen LogP contribution in [0.4, 0.5) is 0 Å². The molecule has 2 fully saturated rings. The van der Waals surface area contributed by atoms with Crippen molar-refractivity contribution in [2.75, 3.05) is 26.2 Å². The van der Waals surface area contributed by atoms with Crippen molar-refractivity contribution in [2.24, 2.45) is 0 Å². The summed E-state index contributed by atoms with van der Waals surface area (Å²) in [6, 6.07) is 0.509. The lowest BCUT2D eigenvalue weighted by molar-refractivity contribution is -0.132. The van der Waals surface area contributed by atoms with Crippen molar-refractivity contribution in [3.8, 4) is 0 Å². The van der Waals surface area contributed by atoms with E-state index >= 15 is 0 Å². The van der Waals surface area contributed by atoms with Crippen molar-refractivity contribution in [3.05, 3.63) is 0 Å². The largest absolute Gasteiger partial charge is 0.392 e. The number of likely N-dealkylation sites (tertiary alicyclic amines) is 1. The van der Waals surface area contributed by atoms with Gasteiger partial charge in [-0.3, -0.25) is 9.69 Å². The third kappa shape index (κ3) is 2.69. The first-order chi connectivity index (χ1) is 7.20. The van der Waals surface area contributed by atoms with Gasteiger partial charge in [0.1, 0.15) is 0 Å². The standard InChI is InChI=1S/C11H20N2O2/c1-2-13(9-3-4-9)11(15)8-12-6-5-10(14)7-12/h9-10,14H,2-8H2,1H3/t10-/m1/s1. The van der Waals surface area contributed by atoms with Crippen LogP contribution >= 0.6 is 0 Å². The average Bonchev–Trinajstić information content (AvgIpc) is 2.93. The molecule has 0 aromatic rings. The van der Waals surface area contributed by atoms with Gasteiger partial charge >= 0.3 is 0 Å². The summed E-state index contributed by atoms with van der Waals surface area (Å²) in [4.78, 5) is 16.0. The van der Waals surface area contributed by atoms with E-state index in [4.69, 9.17) is 0 Å². The van der Waals surface area contributed by atoms with Gasteiger partial charge in [-0.1, -0.05) is 0 Å². The van der Waals surface area contributed by atoms with Crippen LogP contribution in [0.2, 0.25) is 0 Å². The highest BCUT2D eigenvalue weighted by molar-refractivity contribution is 5.79. The van der Waals surface area contributed by atoms with Crippen LogP contribution in [0.3, 0.4) is 0 Å². The van der Waals surface area contributed by atoms with Gasteiger partial charge in [-0.2, -0.15) is 0 Å². The van der Waals surface area contributed by atoms with E-state index in [2.05, 4.69) is 4.90 Å². The Kier molecular flexibility index (Phi) is 3.26.